The van der Waals surface area contributed by atoms with Gasteiger partial charge in [-0.05, 0) is 18.6 Å². The molecule has 0 fully saturated rings. The Labute approximate surface area is 174 Å². The van der Waals surface area contributed by atoms with Gasteiger partial charge in [-0.15, -0.1) is 0 Å². The maximum absolute atomic E-state index is 13.3. The summed E-state index contributed by atoms with van der Waals surface area (Å²) in [4.78, 5) is 22.2. The van der Waals surface area contributed by atoms with Gasteiger partial charge in [0, 0.05) is 12.6 Å². The molecule has 0 saturated carbocycles. The lowest BCUT2D eigenvalue weighted by atomic mass is 10.2. The molecule has 0 bridgehead atoms. The Morgan fingerprint density at radius 1 is 1.20 bits per heavy atom. The van der Waals surface area contributed by atoms with Gasteiger partial charge in [0.2, 0.25) is 0 Å². The molecule has 0 aromatic heterocycles. The summed E-state index contributed by atoms with van der Waals surface area (Å²) < 4.78 is 32.0. The van der Waals surface area contributed by atoms with Crippen molar-refractivity contribution in [2.24, 2.45) is 0 Å². The van der Waals surface area contributed by atoms with Crippen LogP contribution < -0.4 is 0 Å². The van der Waals surface area contributed by atoms with E-state index in [1.807, 2.05) is 6.07 Å². The average molecular weight is 434 g/mol. The van der Waals surface area contributed by atoms with Crippen LogP contribution in [0.15, 0.2) is 65.6 Å². The predicted molar refractivity (Wildman–Crippen MR) is 110 cm³/mol. The highest BCUT2D eigenvalue weighted by Gasteiger charge is 2.41. The van der Waals surface area contributed by atoms with Crippen LogP contribution in [0.25, 0.3) is 6.08 Å². The normalized spacial score (nSPS) is 13.9. The number of para-hydroxylation sites is 1. The molecule has 1 N–H and O–H groups in total. The predicted octanol–water partition coefficient (Wildman–Crippen LogP) is 2.22. The Hall–Kier alpha value is -3.08. The summed E-state index contributed by atoms with van der Waals surface area (Å²) in [6.07, 6.45) is 1.69. The SMILES string of the molecule is COC(=O)C(C(C)O)N(C/C=C/c1ccccc1)S(=O)(=O)c1ccccc1[N+](=O)[O-]. The van der Waals surface area contributed by atoms with Crippen LogP contribution in [-0.4, -0.2) is 54.5 Å². The second-order valence-electron chi connectivity index (χ2n) is 6.32. The number of ether oxygens (including phenoxy) is 1. The zero-order valence-electron chi connectivity index (χ0n) is 16.4. The minimum absolute atomic E-state index is 0.325. The van der Waals surface area contributed by atoms with Crippen molar-refractivity contribution in [3.05, 3.63) is 76.4 Å². The molecule has 0 spiro atoms. The van der Waals surface area contributed by atoms with Crippen molar-refractivity contribution in [2.75, 3.05) is 13.7 Å². The fourth-order valence-electron chi connectivity index (χ4n) is 2.85. The summed E-state index contributed by atoms with van der Waals surface area (Å²) in [6, 6.07) is 12.2. The number of carbonyl (C=O) groups excluding carboxylic acids is 1. The van der Waals surface area contributed by atoms with Gasteiger partial charge >= 0.3 is 5.97 Å². The molecule has 0 aliphatic carbocycles. The van der Waals surface area contributed by atoms with Crippen LogP contribution in [-0.2, 0) is 19.6 Å². The van der Waals surface area contributed by atoms with E-state index < -0.39 is 43.6 Å². The van der Waals surface area contributed by atoms with Gasteiger partial charge in [-0.2, -0.15) is 4.31 Å². The molecule has 2 rings (SSSR count). The minimum Gasteiger partial charge on any atom is -0.468 e. The lowest BCUT2D eigenvalue weighted by Gasteiger charge is -2.29. The highest BCUT2D eigenvalue weighted by Crippen LogP contribution is 2.28. The fraction of sp³-hybridized carbons (Fsp3) is 0.250. The maximum Gasteiger partial charge on any atom is 0.326 e. The van der Waals surface area contributed by atoms with E-state index in [-0.39, 0.29) is 6.54 Å². The molecule has 0 saturated heterocycles. The molecule has 0 heterocycles. The molecule has 2 unspecified atom stereocenters. The lowest BCUT2D eigenvalue weighted by Crippen LogP contribution is -2.51. The second kappa shape index (κ2) is 10.1. The van der Waals surface area contributed by atoms with E-state index in [0.717, 1.165) is 24.8 Å². The van der Waals surface area contributed by atoms with Gasteiger partial charge in [0.15, 0.2) is 4.90 Å². The van der Waals surface area contributed by atoms with Crippen molar-refractivity contribution in [3.63, 3.8) is 0 Å². The number of methoxy groups -OCH3 is 1. The molecule has 0 radical (unpaired) electrons. The van der Waals surface area contributed by atoms with Gasteiger partial charge in [0.25, 0.3) is 15.7 Å². The first kappa shape index (κ1) is 23.2. The van der Waals surface area contributed by atoms with Gasteiger partial charge in [-0.1, -0.05) is 54.6 Å². The zero-order valence-corrected chi connectivity index (χ0v) is 17.2. The second-order valence-corrected chi connectivity index (χ2v) is 8.18. The molecule has 0 aliphatic heterocycles. The van der Waals surface area contributed by atoms with Crippen LogP contribution in [0.2, 0.25) is 0 Å². The lowest BCUT2D eigenvalue weighted by molar-refractivity contribution is -0.387. The van der Waals surface area contributed by atoms with Crippen molar-refractivity contribution in [1.29, 1.82) is 0 Å². The highest BCUT2D eigenvalue weighted by atomic mass is 32.2. The molecule has 30 heavy (non-hydrogen) atoms. The van der Waals surface area contributed by atoms with Gasteiger partial charge in [0.1, 0.15) is 6.04 Å². The molecule has 2 aromatic rings. The van der Waals surface area contributed by atoms with Crippen molar-refractivity contribution < 1.29 is 28.0 Å². The Morgan fingerprint density at radius 2 is 1.80 bits per heavy atom. The summed E-state index contributed by atoms with van der Waals surface area (Å²) in [5.74, 6) is -0.986. The van der Waals surface area contributed by atoms with Crippen LogP contribution >= 0.6 is 0 Å². The monoisotopic (exact) mass is 434 g/mol. The van der Waals surface area contributed by atoms with E-state index in [4.69, 9.17) is 0 Å². The molecule has 10 heteroatoms. The highest BCUT2D eigenvalue weighted by molar-refractivity contribution is 7.89. The van der Waals surface area contributed by atoms with Gasteiger partial charge in [0.05, 0.1) is 18.1 Å². The number of hydrogen-bond donors (Lipinski definition) is 1. The number of sulfonamides is 1. The van der Waals surface area contributed by atoms with Crippen molar-refractivity contribution in [3.8, 4) is 0 Å². The van der Waals surface area contributed by atoms with Crippen LogP contribution in [0.5, 0.6) is 0 Å². The number of esters is 1. The average Bonchev–Trinajstić information content (AvgIpc) is 2.73. The fourth-order valence-corrected chi connectivity index (χ4v) is 4.60. The first-order valence-electron chi connectivity index (χ1n) is 8.93. The van der Waals surface area contributed by atoms with Crippen LogP contribution in [0.4, 0.5) is 5.69 Å². The Morgan fingerprint density at radius 3 is 2.37 bits per heavy atom. The van der Waals surface area contributed by atoms with E-state index >= 15 is 0 Å². The maximum atomic E-state index is 13.3. The van der Waals surface area contributed by atoms with Crippen LogP contribution in [0.1, 0.15) is 12.5 Å². The third kappa shape index (κ3) is 5.29. The first-order chi connectivity index (χ1) is 14.2. The summed E-state index contributed by atoms with van der Waals surface area (Å²) in [5, 5.41) is 21.5. The van der Waals surface area contributed by atoms with Crippen molar-refractivity contribution in [2.45, 2.75) is 24.0 Å². The molecule has 0 aliphatic rings. The molecule has 0 amide bonds. The van der Waals surface area contributed by atoms with Gasteiger partial charge in [-0.25, -0.2) is 8.42 Å². The van der Waals surface area contributed by atoms with E-state index in [2.05, 4.69) is 4.74 Å². The molecule has 2 aromatic carbocycles. The molecule has 2 atom stereocenters. The van der Waals surface area contributed by atoms with E-state index in [1.165, 1.54) is 25.1 Å². The largest absolute Gasteiger partial charge is 0.468 e. The quantitative estimate of drug-likeness (QED) is 0.364. The summed E-state index contributed by atoms with van der Waals surface area (Å²) in [6.45, 7) is 0.915. The van der Waals surface area contributed by atoms with E-state index in [0.29, 0.717) is 4.31 Å². The molecular formula is C20H22N2O7S. The number of nitro benzene ring substituents is 1. The first-order valence-corrected chi connectivity index (χ1v) is 10.4. The number of nitro groups is 1. The molecule has 9 nitrogen and oxygen atoms in total. The number of carbonyl (C=O) groups is 1. The summed E-state index contributed by atoms with van der Waals surface area (Å²) >= 11 is 0. The van der Waals surface area contributed by atoms with Crippen molar-refractivity contribution >= 4 is 27.8 Å². The number of aliphatic hydroxyl groups is 1. The molecular weight excluding hydrogens is 412 g/mol. The Kier molecular flexibility index (Phi) is 7.81. The number of aliphatic hydroxyl groups excluding tert-OH is 1. The van der Waals surface area contributed by atoms with Crippen molar-refractivity contribution in [1.82, 2.24) is 4.31 Å². The smallest absolute Gasteiger partial charge is 0.326 e. The number of nitrogens with zero attached hydrogens (tertiary/aromatic N) is 2. The standard InChI is InChI=1S/C20H22N2O7S/c1-15(23)19(20(24)29-2)21(14-8-11-16-9-4-3-5-10-16)30(27,28)18-13-7-6-12-17(18)22(25)26/h3-13,15,19,23H,14H2,1-2H3/b11-8+. The van der Waals surface area contributed by atoms with Gasteiger partial charge < -0.3 is 9.84 Å². The Balaban J connectivity index is 2.55. The van der Waals surface area contributed by atoms with E-state index in [1.54, 1.807) is 30.3 Å². The number of hydrogen-bond acceptors (Lipinski definition) is 7. The van der Waals surface area contributed by atoms with E-state index in [9.17, 15) is 28.4 Å². The molecule has 160 valence electrons. The third-order valence-electron chi connectivity index (χ3n) is 4.25. The zero-order chi connectivity index (χ0) is 22.3. The van der Waals surface area contributed by atoms with Crippen LogP contribution in [0, 0.1) is 10.1 Å². The summed E-state index contributed by atoms with van der Waals surface area (Å²) in [5.41, 5.74) is 0.149. The number of benzene rings is 2. The van der Waals surface area contributed by atoms with Crippen LogP contribution in [0.3, 0.4) is 0 Å². The van der Waals surface area contributed by atoms with Gasteiger partial charge in [-0.3, -0.25) is 14.9 Å². The minimum atomic E-state index is -4.55. The summed E-state index contributed by atoms with van der Waals surface area (Å²) in [7, 11) is -3.49. The number of rotatable bonds is 9. The Bertz CT molecular complexity index is 1020. The topological polar surface area (TPSA) is 127 Å². The third-order valence-corrected chi connectivity index (χ3v) is 6.15.